The average molecular weight is 302 g/mol. The molecule has 0 fully saturated rings. The number of rotatable bonds is 3. The van der Waals surface area contributed by atoms with Gasteiger partial charge in [-0.05, 0) is 41.2 Å². The third kappa shape index (κ3) is 2.50. The minimum Gasteiger partial charge on any atom is -0.384 e. The second-order valence-corrected chi connectivity index (χ2v) is 5.91. The molecule has 4 nitrogen and oxygen atoms in total. The van der Waals surface area contributed by atoms with Crippen molar-refractivity contribution in [3.8, 4) is 0 Å². The van der Waals surface area contributed by atoms with Gasteiger partial charge in [0.15, 0.2) is 0 Å². The van der Waals surface area contributed by atoms with E-state index in [4.69, 9.17) is 0 Å². The number of halogens is 1. The van der Waals surface area contributed by atoms with Crippen molar-refractivity contribution in [3.05, 3.63) is 32.7 Å². The molecule has 0 aromatic carbocycles. The molecule has 0 saturated heterocycles. The van der Waals surface area contributed by atoms with Crippen LogP contribution in [0.1, 0.15) is 24.4 Å². The van der Waals surface area contributed by atoms with Crippen molar-refractivity contribution in [2.45, 2.75) is 26.0 Å². The third-order valence-electron chi connectivity index (χ3n) is 2.16. The van der Waals surface area contributed by atoms with Crippen LogP contribution in [-0.2, 0) is 12.1 Å². The highest BCUT2D eigenvalue weighted by atomic mass is 79.9. The second kappa shape index (κ2) is 4.27. The molecule has 0 bridgehead atoms. The summed E-state index contributed by atoms with van der Waals surface area (Å²) in [4.78, 5) is 1.19. The summed E-state index contributed by atoms with van der Waals surface area (Å²) in [6.45, 7) is 4.06. The first-order valence-corrected chi connectivity index (χ1v) is 6.49. The zero-order valence-electron chi connectivity index (χ0n) is 9.01. The highest BCUT2D eigenvalue weighted by molar-refractivity contribution is 9.10. The molecular formula is C10H12BrN3OS. The highest BCUT2D eigenvalue weighted by Gasteiger charge is 2.20. The van der Waals surface area contributed by atoms with E-state index < -0.39 is 5.60 Å². The molecule has 0 radical (unpaired) electrons. The Hall–Kier alpha value is -0.720. The molecule has 2 aromatic rings. The zero-order chi connectivity index (χ0) is 11.8. The Morgan fingerprint density at radius 1 is 1.56 bits per heavy atom. The topological polar surface area (TPSA) is 50.9 Å². The summed E-state index contributed by atoms with van der Waals surface area (Å²) in [7, 11) is 0. The number of aromatic nitrogens is 3. The molecule has 0 amide bonds. The molecule has 16 heavy (non-hydrogen) atoms. The maximum Gasteiger partial charge on any atom is 0.114 e. The minimum absolute atomic E-state index is 0.583. The summed E-state index contributed by atoms with van der Waals surface area (Å²) in [5, 5.41) is 19.7. The molecule has 0 atom stereocenters. The van der Waals surface area contributed by atoms with Crippen molar-refractivity contribution >= 4 is 27.3 Å². The zero-order valence-corrected chi connectivity index (χ0v) is 11.4. The number of hydrogen-bond donors (Lipinski definition) is 1. The fraction of sp³-hybridized carbons (Fsp3) is 0.400. The molecule has 0 unspecified atom stereocenters. The highest BCUT2D eigenvalue weighted by Crippen LogP contribution is 2.24. The van der Waals surface area contributed by atoms with Gasteiger partial charge in [0.25, 0.3) is 0 Å². The molecule has 1 N–H and O–H groups in total. The lowest BCUT2D eigenvalue weighted by Gasteiger charge is -2.11. The summed E-state index contributed by atoms with van der Waals surface area (Å²) in [5.41, 5.74) is -0.356. The van der Waals surface area contributed by atoms with Gasteiger partial charge in [0.1, 0.15) is 11.3 Å². The average Bonchev–Trinajstić information content (AvgIpc) is 2.76. The molecule has 2 heterocycles. The van der Waals surface area contributed by atoms with Gasteiger partial charge in [-0.1, -0.05) is 5.21 Å². The predicted octanol–water partition coefficient (Wildman–Crippen LogP) is 2.38. The van der Waals surface area contributed by atoms with Crippen molar-refractivity contribution in [3.63, 3.8) is 0 Å². The first-order chi connectivity index (χ1) is 7.47. The number of nitrogens with zero attached hydrogens (tertiary/aromatic N) is 3. The van der Waals surface area contributed by atoms with Crippen LogP contribution in [0.3, 0.4) is 0 Å². The number of thiophene rings is 1. The summed E-state index contributed by atoms with van der Waals surface area (Å²) in [6, 6.07) is 2.01. The van der Waals surface area contributed by atoms with E-state index in [1.165, 1.54) is 4.88 Å². The van der Waals surface area contributed by atoms with Crippen LogP contribution in [0.25, 0.3) is 0 Å². The first kappa shape index (κ1) is 11.8. The van der Waals surface area contributed by atoms with Gasteiger partial charge in [-0.15, -0.1) is 16.4 Å². The van der Waals surface area contributed by atoms with E-state index >= 15 is 0 Å². The van der Waals surface area contributed by atoms with Crippen LogP contribution in [0, 0.1) is 0 Å². The van der Waals surface area contributed by atoms with Gasteiger partial charge in [0, 0.05) is 9.35 Å². The molecule has 0 aliphatic carbocycles. The van der Waals surface area contributed by atoms with E-state index in [1.807, 2.05) is 11.4 Å². The molecule has 2 rings (SSSR count). The first-order valence-electron chi connectivity index (χ1n) is 4.81. The van der Waals surface area contributed by atoms with Crippen molar-refractivity contribution in [1.29, 1.82) is 0 Å². The predicted molar refractivity (Wildman–Crippen MR) is 66.4 cm³/mol. The third-order valence-corrected chi connectivity index (χ3v) is 4.07. The molecular weight excluding hydrogens is 290 g/mol. The van der Waals surface area contributed by atoms with Crippen LogP contribution >= 0.6 is 27.3 Å². The van der Waals surface area contributed by atoms with Crippen LogP contribution in [-0.4, -0.2) is 20.1 Å². The second-order valence-electron chi connectivity index (χ2n) is 4.05. The van der Waals surface area contributed by atoms with Crippen molar-refractivity contribution in [2.75, 3.05) is 0 Å². The molecule has 0 spiro atoms. The van der Waals surface area contributed by atoms with Crippen LogP contribution in [0.5, 0.6) is 0 Å². The maximum atomic E-state index is 9.76. The molecule has 0 aliphatic heterocycles. The van der Waals surface area contributed by atoms with Gasteiger partial charge < -0.3 is 5.11 Å². The molecule has 0 aliphatic rings. The van der Waals surface area contributed by atoms with Crippen molar-refractivity contribution in [1.82, 2.24) is 15.0 Å². The summed E-state index contributed by atoms with van der Waals surface area (Å²) in [5.74, 6) is 0. The standard InChI is InChI=1S/C10H12BrN3OS/c1-10(2,15)9-6-14(13-12-9)5-8-7(11)3-4-16-8/h3-4,6,15H,5H2,1-2H3. The Balaban J connectivity index is 2.18. The molecule has 6 heteroatoms. The lowest BCUT2D eigenvalue weighted by Crippen LogP contribution is -2.15. The van der Waals surface area contributed by atoms with E-state index in [1.54, 1.807) is 36.1 Å². The minimum atomic E-state index is -0.940. The molecule has 86 valence electrons. The fourth-order valence-electron chi connectivity index (χ4n) is 1.24. The Morgan fingerprint density at radius 3 is 2.81 bits per heavy atom. The Bertz CT molecular complexity index is 486. The molecule has 2 aromatic heterocycles. The van der Waals surface area contributed by atoms with E-state index in [2.05, 4.69) is 26.2 Å². The van der Waals surface area contributed by atoms with Crippen LogP contribution in [0.4, 0.5) is 0 Å². The maximum absolute atomic E-state index is 9.76. The SMILES string of the molecule is CC(C)(O)c1cn(Cc2sccc2Br)nn1. The Morgan fingerprint density at radius 2 is 2.31 bits per heavy atom. The Kier molecular flexibility index (Phi) is 3.14. The van der Waals surface area contributed by atoms with E-state index in [9.17, 15) is 5.11 Å². The lowest BCUT2D eigenvalue weighted by molar-refractivity contribution is 0.0737. The normalized spacial score (nSPS) is 12.0. The monoisotopic (exact) mass is 301 g/mol. The lowest BCUT2D eigenvalue weighted by atomic mass is 10.1. The van der Waals surface area contributed by atoms with Gasteiger partial charge >= 0.3 is 0 Å². The summed E-state index contributed by atoms with van der Waals surface area (Å²) < 4.78 is 2.81. The fourth-order valence-corrected chi connectivity index (χ4v) is 2.71. The number of hydrogen-bond acceptors (Lipinski definition) is 4. The summed E-state index contributed by atoms with van der Waals surface area (Å²) >= 11 is 5.13. The van der Waals surface area contributed by atoms with Gasteiger partial charge in [0.2, 0.25) is 0 Å². The van der Waals surface area contributed by atoms with E-state index in [0.717, 1.165) is 4.47 Å². The van der Waals surface area contributed by atoms with Crippen molar-refractivity contribution in [2.24, 2.45) is 0 Å². The van der Waals surface area contributed by atoms with E-state index in [-0.39, 0.29) is 0 Å². The van der Waals surface area contributed by atoms with Crippen LogP contribution < -0.4 is 0 Å². The summed E-state index contributed by atoms with van der Waals surface area (Å²) in [6.07, 6.45) is 1.77. The van der Waals surface area contributed by atoms with Gasteiger partial charge in [-0.3, -0.25) is 0 Å². The largest absolute Gasteiger partial charge is 0.384 e. The Labute approximate surface area is 106 Å². The van der Waals surface area contributed by atoms with Crippen LogP contribution in [0.2, 0.25) is 0 Å². The smallest absolute Gasteiger partial charge is 0.114 e. The van der Waals surface area contributed by atoms with Gasteiger partial charge in [-0.2, -0.15) is 0 Å². The van der Waals surface area contributed by atoms with E-state index in [0.29, 0.717) is 12.2 Å². The molecule has 0 saturated carbocycles. The number of aliphatic hydroxyl groups is 1. The quantitative estimate of drug-likeness (QED) is 0.947. The van der Waals surface area contributed by atoms with Gasteiger partial charge in [-0.25, -0.2) is 4.68 Å². The van der Waals surface area contributed by atoms with Gasteiger partial charge in [0.05, 0.1) is 12.7 Å². The van der Waals surface area contributed by atoms with Crippen molar-refractivity contribution < 1.29 is 5.11 Å². The van der Waals surface area contributed by atoms with Crippen LogP contribution in [0.15, 0.2) is 22.1 Å².